The molecule has 2 rings (SSSR count). The Bertz CT molecular complexity index is 424. The van der Waals surface area contributed by atoms with Crippen molar-refractivity contribution in [3.05, 3.63) is 36.0 Å². The molecule has 0 fully saturated rings. The second-order valence-corrected chi connectivity index (χ2v) is 2.96. The van der Waals surface area contributed by atoms with E-state index in [0.717, 1.165) is 5.56 Å². The Labute approximate surface area is 81.2 Å². The van der Waals surface area contributed by atoms with Gasteiger partial charge in [-0.3, -0.25) is 5.10 Å². The summed E-state index contributed by atoms with van der Waals surface area (Å²) in [5.74, 6) is 1.27. The van der Waals surface area contributed by atoms with Crippen molar-refractivity contribution in [2.45, 2.75) is 6.92 Å². The van der Waals surface area contributed by atoms with Gasteiger partial charge in [-0.1, -0.05) is 6.07 Å². The largest absolute Gasteiger partial charge is 0.508 e. The lowest BCUT2D eigenvalue weighted by atomic mass is 10.2. The molecule has 0 unspecified atom stereocenters. The number of aryl methyl sites for hydroxylation is 1. The highest BCUT2D eigenvalue weighted by Gasteiger charge is 2.01. The molecule has 0 saturated carbocycles. The van der Waals surface area contributed by atoms with Crippen molar-refractivity contribution in [3.8, 4) is 17.4 Å². The number of aromatic nitrogens is 2. The third-order valence-corrected chi connectivity index (χ3v) is 1.88. The minimum absolute atomic E-state index is 0.220. The molecule has 0 radical (unpaired) electrons. The zero-order valence-electron chi connectivity index (χ0n) is 7.69. The van der Waals surface area contributed by atoms with Gasteiger partial charge in [0.15, 0.2) is 0 Å². The number of hydrogen-bond acceptors (Lipinski definition) is 3. The summed E-state index contributed by atoms with van der Waals surface area (Å²) < 4.78 is 5.35. The maximum absolute atomic E-state index is 9.42. The van der Waals surface area contributed by atoms with Gasteiger partial charge >= 0.3 is 0 Å². The van der Waals surface area contributed by atoms with E-state index in [1.165, 1.54) is 0 Å². The van der Waals surface area contributed by atoms with Gasteiger partial charge in [0.2, 0.25) is 5.88 Å². The fourth-order valence-electron chi connectivity index (χ4n) is 1.08. The van der Waals surface area contributed by atoms with Gasteiger partial charge in [0.1, 0.15) is 11.5 Å². The summed E-state index contributed by atoms with van der Waals surface area (Å²) in [4.78, 5) is 0. The highest BCUT2D eigenvalue weighted by atomic mass is 16.5. The van der Waals surface area contributed by atoms with Crippen molar-refractivity contribution in [2.24, 2.45) is 0 Å². The maximum atomic E-state index is 9.42. The first-order valence-electron chi connectivity index (χ1n) is 4.23. The zero-order valence-corrected chi connectivity index (χ0v) is 7.69. The molecule has 0 aliphatic heterocycles. The van der Waals surface area contributed by atoms with Crippen molar-refractivity contribution >= 4 is 0 Å². The number of hydrogen-bond donors (Lipinski definition) is 2. The number of phenols is 1. The van der Waals surface area contributed by atoms with Gasteiger partial charge in [0, 0.05) is 18.3 Å². The molecule has 0 aliphatic carbocycles. The Morgan fingerprint density at radius 1 is 1.36 bits per heavy atom. The molecule has 1 aromatic carbocycles. The van der Waals surface area contributed by atoms with E-state index in [2.05, 4.69) is 10.2 Å². The molecule has 1 aromatic heterocycles. The predicted octanol–water partition coefficient (Wildman–Crippen LogP) is 2.22. The Balaban J connectivity index is 2.22. The first-order chi connectivity index (χ1) is 6.75. The highest BCUT2D eigenvalue weighted by Crippen LogP contribution is 2.25. The fourth-order valence-corrected chi connectivity index (χ4v) is 1.08. The molecule has 0 atom stereocenters. The van der Waals surface area contributed by atoms with E-state index in [-0.39, 0.29) is 5.75 Å². The predicted molar refractivity (Wildman–Crippen MR) is 51.5 cm³/mol. The van der Waals surface area contributed by atoms with Crippen LogP contribution in [0.4, 0.5) is 0 Å². The molecule has 0 aliphatic rings. The molecule has 0 amide bonds. The van der Waals surface area contributed by atoms with Crippen molar-refractivity contribution in [2.75, 3.05) is 0 Å². The number of rotatable bonds is 2. The smallest absolute Gasteiger partial charge is 0.237 e. The van der Waals surface area contributed by atoms with Gasteiger partial charge in [-0.25, -0.2) is 0 Å². The third kappa shape index (κ3) is 1.69. The van der Waals surface area contributed by atoms with Crippen LogP contribution in [0.5, 0.6) is 17.4 Å². The normalized spacial score (nSPS) is 10.1. The summed E-state index contributed by atoms with van der Waals surface area (Å²) in [5, 5.41) is 15.9. The van der Waals surface area contributed by atoms with Crippen LogP contribution in [0.3, 0.4) is 0 Å². The molecular weight excluding hydrogens is 180 g/mol. The zero-order chi connectivity index (χ0) is 9.97. The van der Waals surface area contributed by atoms with E-state index in [1.807, 2.05) is 6.92 Å². The molecule has 2 aromatic rings. The van der Waals surface area contributed by atoms with Crippen LogP contribution in [0.25, 0.3) is 0 Å². The summed E-state index contributed by atoms with van der Waals surface area (Å²) in [7, 11) is 0. The number of aromatic amines is 1. The maximum Gasteiger partial charge on any atom is 0.237 e. The number of nitrogens with zero attached hydrogens (tertiary/aromatic N) is 1. The summed E-state index contributed by atoms with van der Waals surface area (Å²) >= 11 is 0. The van der Waals surface area contributed by atoms with Crippen molar-refractivity contribution in [3.63, 3.8) is 0 Å². The van der Waals surface area contributed by atoms with Gasteiger partial charge in [-0.15, -0.1) is 5.10 Å². The van der Waals surface area contributed by atoms with Gasteiger partial charge < -0.3 is 9.84 Å². The minimum atomic E-state index is 0.220. The van der Waals surface area contributed by atoms with E-state index in [9.17, 15) is 5.11 Å². The monoisotopic (exact) mass is 190 g/mol. The van der Waals surface area contributed by atoms with Crippen LogP contribution in [-0.2, 0) is 0 Å². The van der Waals surface area contributed by atoms with Crippen LogP contribution in [0, 0.1) is 6.92 Å². The summed E-state index contributed by atoms with van der Waals surface area (Å²) in [6, 6.07) is 6.84. The second-order valence-electron chi connectivity index (χ2n) is 2.96. The van der Waals surface area contributed by atoms with E-state index in [4.69, 9.17) is 4.74 Å². The van der Waals surface area contributed by atoms with Crippen LogP contribution in [0.2, 0.25) is 0 Å². The third-order valence-electron chi connectivity index (χ3n) is 1.88. The van der Waals surface area contributed by atoms with E-state index in [1.54, 1.807) is 30.5 Å². The molecule has 0 saturated heterocycles. The molecule has 0 bridgehead atoms. The Kier molecular flexibility index (Phi) is 2.10. The van der Waals surface area contributed by atoms with Crippen molar-refractivity contribution in [1.82, 2.24) is 10.2 Å². The topological polar surface area (TPSA) is 58.1 Å². The number of phenolic OH excluding ortho intramolecular Hbond substituents is 1. The highest BCUT2D eigenvalue weighted by molar-refractivity contribution is 5.39. The fraction of sp³-hybridized carbons (Fsp3) is 0.100. The van der Waals surface area contributed by atoms with Crippen LogP contribution >= 0.6 is 0 Å². The van der Waals surface area contributed by atoms with E-state index < -0.39 is 0 Å². The second kappa shape index (κ2) is 3.41. The van der Waals surface area contributed by atoms with Gasteiger partial charge in [0.05, 0.1) is 0 Å². The summed E-state index contributed by atoms with van der Waals surface area (Å²) in [6.07, 6.45) is 1.67. The quantitative estimate of drug-likeness (QED) is 0.763. The minimum Gasteiger partial charge on any atom is -0.508 e. The standard InChI is InChI=1S/C10H10N2O2/c1-7-2-3-8(6-9(7)13)14-10-4-5-11-12-10/h2-6,13H,1H3,(H,11,12). The lowest BCUT2D eigenvalue weighted by molar-refractivity contribution is 0.442. The molecule has 0 spiro atoms. The van der Waals surface area contributed by atoms with Crippen LogP contribution in [-0.4, -0.2) is 15.3 Å². The Morgan fingerprint density at radius 2 is 2.21 bits per heavy atom. The number of aromatic hydroxyl groups is 1. The van der Waals surface area contributed by atoms with Crippen LogP contribution < -0.4 is 4.74 Å². The molecule has 1 heterocycles. The Hall–Kier alpha value is -1.97. The lowest BCUT2D eigenvalue weighted by Gasteiger charge is -2.03. The molecule has 4 heteroatoms. The number of benzene rings is 1. The number of H-pyrrole nitrogens is 1. The first kappa shape index (κ1) is 8.62. The average molecular weight is 190 g/mol. The number of ether oxygens (including phenoxy) is 1. The molecule has 2 N–H and O–H groups in total. The van der Waals surface area contributed by atoms with E-state index >= 15 is 0 Å². The van der Waals surface area contributed by atoms with E-state index in [0.29, 0.717) is 11.6 Å². The SMILES string of the molecule is Cc1ccc(Oc2cc[nH]n2)cc1O. The van der Waals surface area contributed by atoms with Crippen molar-refractivity contribution < 1.29 is 9.84 Å². The lowest BCUT2D eigenvalue weighted by Crippen LogP contribution is -1.84. The summed E-state index contributed by atoms with van der Waals surface area (Å²) in [6.45, 7) is 1.83. The van der Waals surface area contributed by atoms with Gasteiger partial charge in [0.25, 0.3) is 0 Å². The Morgan fingerprint density at radius 3 is 2.86 bits per heavy atom. The summed E-state index contributed by atoms with van der Waals surface area (Å²) in [5.41, 5.74) is 0.819. The van der Waals surface area contributed by atoms with Crippen LogP contribution in [0.15, 0.2) is 30.5 Å². The molecule has 4 nitrogen and oxygen atoms in total. The van der Waals surface area contributed by atoms with Crippen molar-refractivity contribution in [1.29, 1.82) is 0 Å². The first-order valence-corrected chi connectivity index (χ1v) is 4.23. The van der Waals surface area contributed by atoms with Gasteiger partial charge in [-0.2, -0.15) is 0 Å². The van der Waals surface area contributed by atoms with Crippen LogP contribution in [0.1, 0.15) is 5.56 Å². The van der Waals surface area contributed by atoms with Gasteiger partial charge in [-0.05, 0) is 18.6 Å². The average Bonchev–Trinajstić information content (AvgIpc) is 2.64. The number of nitrogens with one attached hydrogen (secondary N) is 1. The molecule has 72 valence electrons. The molecule has 14 heavy (non-hydrogen) atoms. The molecular formula is C10H10N2O2.